The van der Waals surface area contributed by atoms with Crippen LogP contribution >= 0.6 is 0 Å². The van der Waals surface area contributed by atoms with Crippen molar-refractivity contribution in [2.45, 2.75) is 0 Å². The molecule has 0 saturated heterocycles. The van der Waals surface area contributed by atoms with Crippen LogP contribution in [0.1, 0.15) is 0 Å². The summed E-state index contributed by atoms with van der Waals surface area (Å²) < 4.78 is 25.4. The van der Waals surface area contributed by atoms with Gasteiger partial charge in [-0.15, -0.1) is 0 Å². The number of benzene rings is 1. The van der Waals surface area contributed by atoms with Crippen molar-refractivity contribution in [2.24, 2.45) is 0 Å². The van der Waals surface area contributed by atoms with E-state index in [1.165, 1.54) is 18.5 Å². The first kappa shape index (κ1) is 16.0. The van der Waals surface area contributed by atoms with Crippen LogP contribution in [-0.4, -0.2) is 25.0 Å². The lowest BCUT2D eigenvalue weighted by molar-refractivity contribution is 0.475. The number of aromatic hydroxyl groups is 1. The molecule has 118 valence electrons. The van der Waals surface area contributed by atoms with Crippen molar-refractivity contribution in [1.82, 2.24) is 19.9 Å². The van der Waals surface area contributed by atoms with Gasteiger partial charge in [0.15, 0.2) is 17.5 Å². The summed E-state index contributed by atoms with van der Waals surface area (Å²) in [6.45, 7) is 0. The van der Waals surface area contributed by atoms with Gasteiger partial charge in [0, 0.05) is 5.56 Å². The molecule has 0 aliphatic rings. The van der Waals surface area contributed by atoms with Gasteiger partial charge in [-0.05, 0) is 12.1 Å². The predicted octanol–water partition coefficient (Wildman–Crippen LogP) is 1.77. The van der Waals surface area contributed by atoms with Crippen LogP contribution in [0, 0.1) is 11.6 Å². The van der Waals surface area contributed by atoms with Gasteiger partial charge in [-0.3, -0.25) is 0 Å². The maximum Gasteiger partial charge on any atom is 0.222 e. The van der Waals surface area contributed by atoms with Crippen LogP contribution in [0.3, 0.4) is 0 Å². The number of nitrogen functional groups attached to an aromatic ring is 2. The van der Waals surface area contributed by atoms with E-state index in [4.69, 9.17) is 11.5 Å². The largest absolute Gasteiger partial charge is 0.508 e. The van der Waals surface area contributed by atoms with Crippen molar-refractivity contribution >= 4 is 11.8 Å². The average molecular weight is 318 g/mol. The van der Waals surface area contributed by atoms with Crippen molar-refractivity contribution in [1.29, 1.82) is 0 Å². The highest BCUT2D eigenvalue weighted by Crippen LogP contribution is 2.26. The number of aromatic nitrogens is 4. The molecule has 2 heterocycles. The minimum absolute atomic E-state index is 0.00709. The molecule has 0 amide bonds. The number of rotatable bonds is 1. The lowest BCUT2D eigenvalue weighted by Crippen LogP contribution is -2.04. The molecule has 2 aromatic heterocycles. The standard InChI is InChI=1S/C10H9FN4O.C4H3FN2/c11-7-8(14-10(13)15-9(7)12)5-2-1-3-6(16)4-5;5-4-1-6-3-7-2-4/h1-4,16H,(H4,12,13,14,15);1-3H. The topological polar surface area (TPSA) is 124 Å². The first-order valence-corrected chi connectivity index (χ1v) is 6.25. The second kappa shape index (κ2) is 7.07. The third kappa shape index (κ3) is 4.30. The van der Waals surface area contributed by atoms with Crippen molar-refractivity contribution < 1.29 is 13.9 Å². The zero-order chi connectivity index (χ0) is 16.8. The van der Waals surface area contributed by atoms with Gasteiger partial charge in [0.2, 0.25) is 5.95 Å². The van der Waals surface area contributed by atoms with E-state index in [0.717, 1.165) is 12.4 Å². The molecular weight excluding hydrogens is 306 g/mol. The summed E-state index contributed by atoms with van der Waals surface area (Å²) in [6.07, 6.45) is 3.49. The molecule has 23 heavy (non-hydrogen) atoms. The van der Waals surface area contributed by atoms with Crippen molar-refractivity contribution in [2.75, 3.05) is 11.5 Å². The van der Waals surface area contributed by atoms with Gasteiger partial charge in [0.1, 0.15) is 17.8 Å². The number of phenolic OH excluding ortho intramolecular Hbond substituents is 1. The zero-order valence-corrected chi connectivity index (χ0v) is 11.7. The maximum absolute atomic E-state index is 13.6. The number of nitrogens with two attached hydrogens (primary N) is 2. The Hall–Kier alpha value is -3.36. The molecule has 0 unspecified atom stereocenters. The number of hydrogen-bond acceptors (Lipinski definition) is 7. The third-order valence-electron chi connectivity index (χ3n) is 2.54. The summed E-state index contributed by atoms with van der Waals surface area (Å²) in [5, 5.41) is 9.28. The molecule has 0 fully saturated rings. The highest BCUT2D eigenvalue weighted by Gasteiger charge is 2.13. The highest BCUT2D eigenvalue weighted by atomic mass is 19.1. The number of anilines is 2. The van der Waals surface area contributed by atoms with Crippen LogP contribution in [0.2, 0.25) is 0 Å². The minimum Gasteiger partial charge on any atom is -0.508 e. The molecule has 0 atom stereocenters. The van der Waals surface area contributed by atoms with Crippen LogP contribution in [0.4, 0.5) is 20.5 Å². The van der Waals surface area contributed by atoms with E-state index in [2.05, 4.69) is 19.9 Å². The molecule has 0 aliphatic carbocycles. The van der Waals surface area contributed by atoms with Crippen LogP contribution in [0.15, 0.2) is 43.0 Å². The fourth-order valence-corrected chi connectivity index (χ4v) is 1.61. The van der Waals surface area contributed by atoms with Gasteiger partial charge >= 0.3 is 0 Å². The minimum atomic E-state index is -0.750. The normalized spacial score (nSPS) is 9.83. The van der Waals surface area contributed by atoms with Crippen molar-refractivity contribution in [3.05, 3.63) is 54.6 Å². The van der Waals surface area contributed by atoms with Gasteiger partial charge < -0.3 is 16.6 Å². The molecule has 7 nitrogen and oxygen atoms in total. The third-order valence-corrected chi connectivity index (χ3v) is 2.54. The molecule has 3 rings (SSSR count). The van der Waals surface area contributed by atoms with E-state index in [-0.39, 0.29) is 23.2 Å². The van der Waals surface area contributed by atoms with Gasteiger partial charge in [0.05, 0.1) is 12.4 Å². The Bertz CT molecular complexity index is 801. The van der Waals surface area contributed by atoms with Crippen LogP contribution in [0.5, 0.6) is 5.75 Å². The van der Waals surface area contributed by atoms with Gasteiger partial charge in [0.25, 0.3) is 0 Å². The summed E-state index contributed by atoms with van der Waals surface area (Å²) in [4.78, 5) is 14.0. The number of halogens is 2. The Balaban J connectivity index is 0.000000229. The quantitative estimate of drug-likeness (QED) is 0.624. The Morgan fingerprint density at radius 1 is 1.00 bits per heavy atom. The smallest absolute Gasteiger partial charge is 0.222 e. The molecule has 0 spiro atoms. The molecule has 9 heteroatoms. The van der Waals surface area contributed by atoms with Crippen molar-refractivity contribution in [3.8, 4) is 17.0 Å². The van der Waals surface area contributed by atoms with E-state index in [9.17, 15) is 13.9 Å². The number of phenols is 1. The maximum atomic E-state index is 13.6. The second-order valence-corrected chi connectivity index (χ2v) is 4.24. The van der Waals surface area contributed by atoms with E-state index in [1.807, 2.05) is 0 Å². The first-order valence-electron chi connectivity index (χ1n) is 6.25. The molecule has 0 radical (unpaired) electrons. The summed E-state index contributed by atoms with van der Waals surface area (Å²) in [5.74, 6) is -1.57. The molecule has 0 bridgehead atoms. The SMILES string of the molecule is Fc1cncnc1.Nc1nc(N)c(F)c(-c2cccc(O)c2)n1. The van der Waals surface area contributed by atoms with Gasteiger partial charge in [-0.2, -0.15) is 4.98 Å². The van der Waals surface area contributed by atoms with E-state index in [0.29, 0.717) is 5.56 Å². The number of hydrogen-bond donors (Lipinski definition) is 3. The van der Waals surface area contributed by atoms with Gasteiger partial charge in [-0.25, -0.2) is 23.7 Å². The summed E-state index contributed by atoms with van der Waals surface area (Å²) in [7, 11) is 0. The average Bonchev–Trinajstić information content (AvgIpc) is 2.52. The molecular formula is C14H12F2N6O. The summed E-state index contributed by atoms with van der Waals surface area (Å²) in [6, 6.07) is 5.99. The molecule has 3 aromatic rings. The molecule has 0 aliphatic heterocycles. The van der Waals surface area contributed by atoms with E-state index in [1.54, 1.807) is 12.1 Å². The molecule has 0 saturated carbocycles. The lowest BCUT2D eigenvalue weighted by atomic mass is 10.1. The second-order valence-electron chi connectivity index (χ2n) is 4.24. The highest BCUT2D eigenvalue weighted by molar-refractivity contribution is 5.65. The van der Waals surface area contributed by atoms with Gasteiger partial charge in [-0.1, -0.05) is 12.1 Å². The lowest BCUT2D eigenvalue weighted by Gasteiger charge is -2.05. The predicted molar refractivity (Wildman–Crippen MR) is 79.9 cm³/mol. The van der Waals surface area contributed by atoms with E-state index < -0.39 is 11.6 Å². The summed E-state index contributed by atoms with van der Waals surface area (Å²) >= 11 is 0. The summed E-state index contributed by atoms with van der Waals surface area (Å²) in [5.41, 5.74) is 11.1. The Labute approximate surface area is 129 Å². The fraction of sp³-hybridized carbons (Fsp3) is 0. The monoisotopic (exact) mass is 318 g/mol. The van der Waals surface area contributed by atoms with E-state index >= 15 is 0 Å². The Morgan fingerprint density at radius 2 is 1.70 bits per heavy atom. The molecule has 1 aromatic carbocycles. The van der Waals surface area contributed by atoms with Crippen molar-refractivity contribution in [3.63, 3.8) is 0 Å². The van der Waals surface area contributed by atoms with Crippen LogP contribution < -0.4 is 11.5 Å². The first-order chi connectivity index (χ1) is 11.0. The number of nitrogens with zero attached hydrogens (tertiary/aromatic N) is 4. The van der Waals surface area contributed by atoms with Crippen LogP contribution in [-0.2, 0) is 0 Å². The Morgan fingerprint density at radius 3 is 2.26 bits per heavy atom. The fourth-order valence-electron chi connectivity index (χ4n) is 1.61. The molecule has 5 N–H and O–H groups in total. The zero-order valence-electron chi connectivity index (χ0n) is 11.7. The van der Waals surface area contributed by atoms with Crippen LogP contribution in [0.25, 0.3) is 11.3 Å². The Kier molecular flexibility index (Phi) is 4.92.